The van der Waals surface area contributed by atoms with Crippen LogP contribution in [0.25, 0.3) is 22.3 Å². The first kappa shape index (κ1) is 27.4. The first-order valence-electron chi connectivity index (χ1n) is 12.7. The van der Waals surface area contributed by atoms with E-state index in [1.54, 1.807) is 14.0 Å². The summed E-state index contributed by atoms with van der Waals surface area (Å²) in [7, 11) is 1.69. The molecule has 1 aromatic heterocycles. The van der Waals surface area contributed by atoms with Gasteiger partial charge in [-0.05, 0) is 83.4 Å². The van der Waals surface area contributed by atoms with Crippen LogP contribution in [-0.4, -0.2) is 24.3 Å². The molecule has 0 fully saturated rings. The standard InChI is InChI=1S/C31H40O5/c1-9-10-11-12-22-13-16-25(27(17-22)33-8)28-18-23-14-15-24(19-26(23)34-28)35-30(4,5)20-31(6,7)36-29(32)21(2)3/h13-19H,2,9-12,20H2,1,3-8H3. The third kappa shape index (κ3) is 7.16. The van der Waals surface area contributed by atoms with E-state index < -0.39 is 17.2 Å². The number of benzene rings is 2. The number of hydrogen-bond donors (Lipinski definition) is 0. The van der Waals surface area contributed by atoms with Gasteiger partial charge in [0.15, 0.2) is 0 Å². The van der Waals surface area contributed by atoms with Gasteiger partial charge < -0.3 is 18.6 Å². The molecular formula is C31H40O5. The Morgan fingerprint density at radius 3 is 2.42 bits per heavy atom. The van der Waals surface area contributed by atoms with Crippen molar-refractivity contribution in [3.8, 4) is 22.8 Å². The largest absolute Gasteiger partial charge is 0.496 e. The fourth-order valence-electron chi connectivity index (χ4n) is 4.64. The summed E-state index contributed by atoms with van der Waals surface area (Å²) in [4.78, 5) is 12.0. The number of methoxy groups -OCH3 is 1. The maximum atomic E-state index is 12.0. The summed E-state index contributed by atoms with van der Waals surface area (Å²) < 4.78 is 23.8. The van der Waals surface area contributed by atoms with Crippen LogP contribution in [0.15, 0.2) is 59.0 Å². The minimum atomic E-state index is -0.708. The number of ether oxygens (including phenoxy) is 3. The van der Waals surface area contributed by atoms with Crippen molar-refractivity contribution >= 4 is 16.9 Å². The van der Waals surface area contributed by atoms with E-state index in [1.165, 1.54) is 24.8 Å². The van der Waals surface area contributed by atoms with Crippen molar-refractivity contribution in [2.45, 2.75) is 84.8 Å². The summed E-state index contributed by atoms with van der Waals surface area (Å²) >= 11 is 0. The SMILES string of the molecule is C=C(C)C(=O)OC(C)(C)CC(C)(C)Oc1ccc2cc(-c3ccc(CCCCC)cc3OC)oc2c1. The van der Waals surface area contributed by atoms with E-state index >= 15 is 0 Å². The molecule has 0 N–H and O–H groups in total. The first-order valence-corrected chi connectivity index (χ1v) is 12.7. The van der Waals surface area contributed by atoms with Gasteiger partial charge in [0, 0.05) is 23.4 Å². The summed E-state index contributed by atoms with van der Waals surface area (Å²) in [6.07, 6.45) is 5.16. The predicted molar refractivity (Wildman–Crippen MR) is 146 cm³/mol. The molecule has 0 amide bonds. The topological polar surface area (TPSA) is 57.9 Å². The van der Waals surface area contributed by atoms with Crippen LogP contribution in [0, 0.1) is 0 Å². The normalized spacial score (nSPS) is 12.0. The Hall–Kier alpha value is -3.21. The molecule has 0 aliphatic heterocycles. The van der Waals surface area contributed by atoms with Crippen LogP contribution < -0.4 is 9.47 Å². The number of rotatable bonds is 12. The molecule has 0 radical (unpaired) electrons. The lowest BCUT2D eigenvalue weighted by molar-refractivity contribution is -0.155. The molecule has 194 valence electrons. The van der Waals surface area contributed by atoms with Crippen LogP contribution in [0.5, 0.6) is 11.5 Å². The first-order chi connectivity index (χ1) is 16.9. The number of hydrogen-bond acceptors (Lipinski definition) is 5. The van der Waals surface area contributed by atoms with Gasteiger partial charge in [-0.1, -0.05) is 32.4 Å². The number of aryl methyl sites for hydroxylation is 1. The molecule has 0 bridgehead atoms. The summed E-state index contributed by atoms with van der Waals surface area (Å²) in [5.74, 6) is 1.86. The van der Waals surface area contributed by atoms with Gasteiger partial charge in [0.05, 0.1) is 12.7 Å². The molecule has 36 heavy (non-hydrogen) atoms. The van der Waals surface area contributed by atoms with E-state index in [0.717, 1.165) is 34.5 Å². The van der Waals surface area contributed by atoms with Crippen LogP contribution in [-0.2, 0) is 16.0 Å². The molecular weight excluding hydrogens is 452 g/mol. The second-order valence-corrected chi connectivity index (χ2v) is 10.8. The molecule has 0 saturated carbocycles. The molecule has 2 aromatic carbocycles. The Balaban J connectivity index is 1.78. The third-order valence-electron chi connectivity index (χ3n) is 6.05. The van der Waals surface area contributed by atoms with E-state index in [9.17, 15) is 4.79 Å². The van der Waals surface area contributed by atoms with Gasteiger partial charge in [0.2, 0.25) is 0 Å². The quantitative estimate of drug-likeness (QED) is 0.145. The van der Waals surface area contributed by atoms with Crippen molar-refractivity contribution in [1.29, 1.82) is 0 Å². The maximum absolute atomic E-state index is 12.0. The molecule has 0 spiro atoms. The Morgan fingerprint density at radius 1 is 1.00 bits per heavy atom. The second kappa shape index (κ2) is 11.2. The lowest BCUT2D eigenvalue weighted by atomic mass is 9.92. The van der Waals surface area contributed by atoms with Gasteiger partial charge in [-0.3, -0.25) is 0 Å². The third-order valence-corrected chi connectivity index (χ3v) is 6.05. The van der Waals surface area contributed by atoms with Crippen LogP contribution in [0.3, 0.4) is 0 Å². The lowest BCUT2D eigenvalue weighted by Crippen LogP contribution is -2.40. The zero-order chi connectivity index (χ0) is 26.5. The Bertz CT molecular complexity index is 1210. The van der Waals surface area contributed by atoms with Crippen molar-refractivity contribution in [3.63, 3.8) is 0 Å². The number of carbonyl (C=O) groups is 1. The van der Waals surface area contributed by atoms with E-state index in [-0.39, 0.29) is 0 Å². The highest BCUT2D eigenvalue weighted by molar-refractivity contribution is 5.87. The summed E-state index contributed by atoms with van der Waals surface area (Å²) in [6.45, 7) is 15.2. The van der Waals surface area contributed by atoms with E-state index in [1.807, 2.05) is 52.0 Å². The summed E-state index contributed by atoms with van der Waals surface area (Å²) in [6, 6.07) is 14.2. The molecule has 1 heterocycles. The van der Waals surface area contributed by atoms with Gasteiger partial charge >= 0.3 is 5.97 Å². The predicted octanol–water partition coefficient (Wildman–Crippen LogP) is 8.29. The van der Waals surface area contributed by atoms with Crippen molar-refractivity contribution < 1.29 is 23.4 Å². The van der Waals surface area contributed by atoms with Crippen LogP contribution in [0.1, 0.15) is 72.8 Å². The summed E-state index contributed by atoms with van der Waals surface area (Å²) in [5.41, 5.74) is 2.02. The number of esters is 1. The minimum absolute atomic E-state index is 0.378. The minimum Gasteiger partial charge on any atom is -0.496 e. The maximum Gasteiger partial charge on any atom is 0.333 e. The second-order valence-electron chi connectivity index (χ2n) is 10.8. The highest BCUT2D eigenvalue weighted by Gasteiger charge is 2.33. The van der Waals surface area contributed by atoms with Gasteiger partial charge in [-0.2, -0.15) is 0 Å². The van der Waals surface area contributed by atoms with Crippen molar-refractivity contribution in [3.05, 3.63) is 60.2 Å². The molecule has 0 unspecified atom stereocenters. The average molecular weight is 493 g/mol. The molecule has 0 atom stereocenters. The highest BCUT2D eigenvalue weighted by Crippen LogP contribution is 2.37. The fraction of sp³-hybridized carbons (Fsp3) is 0.452. The molecule has 3 rings (SSSR count). The molecule has 5 heteroatoms. The molecule has 0 saturated heterocycles. The fourth-order valence-corrected chi connectivity index (χ4v) is 4.64. The van der Waals surface area contributed by atoms with Crippen LogP contribution in [0.2, 0.25) is 0 Å². The van der Waals surface area contributed by atoms with Crippen LogP contribution >= 0.6 is 0 Å². The Kier molecular flexibility index (Phi) is 8.55. The van der Waals surface area contributed by atoms with Gasteiger partial charge in [0.25, 0.3) is 0 Å². The number of fused-ring (bicyclic) bond motifs is 1. The van der Waals surface area contributed by atoms with E-state index in [2.05, 4.69) is 31.7 Å². The zero-order valence-electron chi connectivity index (χ0n) is 22.8. The number of unbranched alkanes of at least 4 members (excludes halogenated alkanes) is 2. The van der Waals surface area contributed by atoms with Gasteiger partial charge in [-0.15, -0.1) is 0 Å². The zero-order valence-corrected chi connectivity index (χ0v) is 22.8. The van der Waals surface area contributed by atoms with Crippen molar-refractivity contribution in [2.75, 3.05) is 7.11 Å². The Morgan fingerprint density at radius 2 is 1.75 bits per heavy atom. The molecule has 0 aliphatic carbocycles. The molecule has 3 aromatic rings. The van der Waals surface area contributed by atoms with Crippen molar-refractivity contribution in [2.24, 2.45) is 0 Å². The van der Waals surface area contributed by atoms with Crippen LogP contribution in [0.4, 0.5) is 0 Å². The van der Waals surface area contributed by atoms with Gasteiger partial charge in [-0.25, -0.2) is 4.79 Å². The van der Waals surface area contributed by atoms with E-state index in [4.69, 9.17) is 18.6 Å². The van der Waals surface area contributed by atoms with Gasteiger partial charge in [0.1, 0.15) is 34.0 Å². The molecule has 5 nitrogen and oxygen atoms in total. The molecule has 0 aliphatic rings. The smallest absolute Gasteiger partial charge is 0.333 e. The number of furan rings is 1. The Labute approximate surface area is 215 Å². The van der Waals surface area contributed by atoms with Crippen molar-refractivity contribution in [1.82, 2.24) is 0 Å². The summed E-state index contributed by atoms with van der Waals surface area (Å²) in [5, 5.41) is 0.986. The van der Waals surface area contributed by atoms with E-state index in [0.29, 0.717) is 17.7 Å². The lowest BCUT2D eigenvalue weighted by Gasteiger charge is -2.35. The number of carbonyl (C=O) groups excluding carboxylic acids is 1. The highest BCUT2D eigenvalue weighted by atomic mass is 16.6. The average Bonchev–Trinajstić information content (AvgIpc) is 3.20. The monoisotopic (exact) mass is 492 g/mol.